The standard InChI is InChI=1S/C42H28/c1-3-13-29(14-4-1)32-19-11-20-34(27-32)41-37-22-9-10-23-38(37)42(36-24-12-18-31-17-7-8-21-35(31)36)39-26-25-33(28-40(39)41)30-15-5-2-6-16-30/h1-28H/i1D,2D,3D,4D,5D,6D,7D,8D,9D,10D,11D,12D,13D,14D,15D,16D,17D,18D,19D,20D,21D,22D,23D,24D,25D,26D,27D,28D. The third kappa shape index (κ3) is 4.08. The van der Waals surface area contributed by atoms with E-state index in [4.69, 9.17) is 27.4 Å². The van der Waals surface area contributed by atoms with Gasteiger partial charge in [0.25, 0.3) is 0 Å². The maximum Gasteiger partial charge on any atom is 0.0636 e. The van der Waals surface area contributed by atoms with Crippen molar-refractivity contribution in [1.82, 2.24) is 0 Å². The normalized spacial score (nSPS) is 20.7. The Bertz CT molecular complexity index is 3730. The predicted octanol–water partition coefficient (Wildman–Crippen LogP) is 11.8. The smallest absolute Gasteiger partial charge is 0.0622 e. The Balaban J connectivity index is 1.84. The van der Waals surface area contributed by atoms with Crippen LogP contribution >= 0.6 is 0 Å². The van der Waals surface area contributed by atoms with Crippen LogP contribution in [0.4, 0.5) is 0 Å². The summed E-state index contributed by atoms with van der Waals surface area (Å²) in [6, 6.07) is -28.2. The van der Waals surface area contributed by atoms with Crippen LogP contribution in [-0.4, -0.2) is 0 Å². The van der Waals surface area contributed by atoms with Gasteiger partial charge >= 0.3 is 0 Å². The quantitative estimate of drug-likeness (QED) is 0.188. The van der Waals surface area contributed by atoms with Crippen LogP contribution in [0, 0.1) is 0 Å². The maximum atomic E-state index is 9.98. The Labute approximate surface area is 285 Å². The van der Waals surface area contributed by atoms with Crippen molar-refractivity contribution < 1.29 is 38.4 Å². The molecule has 0 aliphatic rings. The van der Waals surface area contributed by atoms with Gasteiger partial charge in [-0.1, -0.05) is 157 Å². The highest BCUT2D eigenvalue weighted by atomic mass is 14.2. The molecule has 0 spiro atoms. The van der Waals surface area contributed by atoms with Crippen molar-refractivity contribution in [2.45, 2.75) is 0 Å². The molecule has 196 valence electrons. The van der Waals surface area contributed by atoms with Gasteiger partial charge in [0.1, 0.15) is 0 Å². The van der Waals surface area contributed by atoms with Gasteiger partial charge in [-0.15, -0.1) is 0 Å². The molecule has 0 fully saturated rings. The zero-order valence-corrected chi connectivity index (χ0v) is 21.0. The average molecular weight is 561 g/mol. The van der Waals surface area contributed by atoms with Crippen molar-refractivity contribution in [3.8, 4) is 44.5 Å². The first-order chi connectivity index (χ1) is 32.5. The molecule has 0 nitrogen and oxygen atoms in total. The van der Waals surface area contributed by atoms with Crippen molar-refractivity contribution in [3.05, 3.63) is 169 Å². The summed E-state index contributed by atoms with van der Waals surface area (Å²) in [4.78, 5) is 0. The van der Waals surface area contributed by atoms with Gasteiger partial charge in [0.2, 0.25) is 0 Å². The summed E-state index contributed by atoms with van der Waals surface area (Å²) in [6.45, 7) is 0. The highest BCUT2D eigenvalue weighted by Gasteiger charge is 2.19. The van der Waals surface area contributed by atoms with Crippen LogP contribution in [0.3, 0.4) is 0 Å². The second kappa shape index (κ2) is 10.2. The van der Waals surface area contributed by atoms with Gasteiger partial charge in [-0.25, -0.2) is 0 Å². The van der Waals surface area contributed by atoms with Crippen molar-refractivity contribution in [2.24, 2.45) is 0 Å². The minimum Gasteiger partial charge on any atom is -0.0622 e. The third-order valence-corrected chi connectivity index (χ3v) is 6.44. The van der Waals surface area contributed by atoms with Crippen LogP contribution in [0.25, 0.3) is 76.8 Å². The number of fused-ring (bicyclic) bond motifs is 3. The summed E-state index contributed by atoms with van der Waals surface area (Å²) in [5.41, 5.74) is -6.89. The maximum absolute atomic E-state index is 9.98. The highest BCUT2D eigenvalue weighted by molar-refractivity contribution is 6.24. The third-order valence-electron chi connectivity index (χ3n) is 6.44. The Morgan fingerprint density at radius 3 is 1.52 bits per heavy atom. The van der Waals surface area contributed by atoms with E-state index in [-0.39, 0.29) is 0 Å². The second-order valence-corrected chi connectivity index (χ2v) is 8.75. The van der Waals surface area contributed by atoms with Gasteiger partial charge in [-0.05, 0) is 88.9 Å². The number of hydrogen-bond donors (Lipinski definition) is 0. The lowest BCUT2D eigenvalue weighted by Crippen LogP contribution is -1.93. The van der Waals surface area contributed by atoms with E-state index in [9.17, 15) is 11.0 Å². The topological polar surface area (TPSA) is 0 Å². The molecule has 0 saturated carbocycles. The highest BCUT2D eigenvalue weighted by Crippen LogP contribution is 2.46. The molecule has 0 amide bonds. The lowest BCUT2D eigenvalue weighted by atomic mass is 9.83. The number of benzene rings is 8. The Morgan fingerprint density at radius 1 is 0.286 bits per heavy atom. The molecule has 0 aliphatic heterocycles. The minimum absolute atomic E-state index is 0.678. The second-order valence-electron chi connectivity index (χ2n) is 8.75. The Morgan fingerprint density at radius 2 is 0.786 bits per heavy atom. The van der Waals surface area contributed by atoms with Gasteiger partial charge in [-0.2, -0.15) is 0 Å². The first-order valence-electron chi connectivity index (χ1n) is 26.2. The van der Waals surface area contributed by atoms with Crippen LogP contribution in [-0.2, 0) is 0 Å². The van der Waals surface area contributed by atoms with Crippen LogP contribution in [0.1, 0.15) is 38.4 Å². The molecule has 0 aliphatic carbocycles. The molecular formula is C42H28. The molecule has 0 N–H and O–H groups in total. The largest absolute Gasteiger partial charge is 0.0636 e. The fraction of sp³-hybridized carbons (Fsp3) is 0. The molecule has 0 aromatic heterocycles. The molecule has 0 heterocycles. The molecule has 8 aromatic carbocycles. The van der Waals surface area contributed by atoms with E-state index in [1.807, 2.05) is 0 Å². The lowest BCUT2D eigenvalue weighted by molar-refractivity contribution is 1.61. The monoisotopic (exact) mass is 560 g/mol. The summed E-state index contributed by atoms with van der Waals surface area (Å²) in [7, 11) is 0. The summed E-state index contributed by atoms with van der Waals surface area (Å²) in [5, 5.41) is -4.75. The van der Waals surface area contributed by atoms with Gasteiger partial charge in [0, 0.05) is 0 Å². The fourth-order valence-electron chi connectivity index (χ4n) is 4.69. The van der Waals surface area contributed by atoms with E-state index in [0.29, 0.717) is 0 Å². The number of hydrogen-bond acceptors (Lipinski definition) is 0. The van der Waals surface area contributed by atoms with E-state index in [0.717, 1.165) is 0 Å². The van der Waals surface area contributed by atoms with Crippen LogP contribution in [0.2, 0.25) is 0 Å². The summed E-state index contributed by atoms with van der Waals surface area (Å²) < 4.78 is 250. The van der Waals surface area contributed by atoms with Crippen molar-refractivity contribution in [1.29, 1.82) is 0 Å². The van der Waals surface area contributed by atoms with Gasteiger partial charge in [0.15, 0.2) is 0 Å². The summed E-state index contributed by atoms with van der Waals surface area (Å²) >= 11 is 0. The zero-order chi connectivity index (χ0) is 52.2. The lowest BCUT2D eigenvalue weighted by Gasteiger charge is -2.20. The van der Waals surface area contributed by atoms with Crippen LogP contribution in [0.5, 0.6) is 0 Å². The molecular weight excluding hydrogens is 504 g/mol. The summed E-state index contributed by atoms with van der Waals surface area (Å²) in [6.07, 6.45) is 0. The van der Waals surface area contributed by atoms with Crippen LogP contribution in [0.15, 0.2) is 169 Å². The molecule has 0 saturated heterocycles. The molecule has 42 heavy (non-hydrogen) atoms. The van der Waals surface area contributed by atoms with Crippen molar-refractivity contribution in [3.63, 3.8) is 0 Å². The van der Waals surface area contributed by atoms with Crippen molar-refractivity contribution in [2.75, 3.05) is 0 Å². The van der Waals surface area contributed by atoms with E-state index in [1.165, 1.54) is 0 Å². The van der Waals surface area contributed by atoms with Crippen LogP contribution < -0.4 is 0 Å². The molecule has 0 radical (unpaired) electrons. The minimum atomic E-state index is -1.12. The van der Waals surface area contributed by atoms with Gasteiger partial charge < -0.3 is 0 Å². The number of rotatable bonds is 4. The molecule has 0 atom stereocenters. The Hall–Kier alpha value is -5.46. The van der Waals surface area contributed by atoms with Gasteiger partial charge in [0.05, 0.1) is 38.4 Å². The fourth-order valence-corrected chi connectivity index (χ4v) is 4.69. The van der Waals surface area contributed by atoms with E-state index in [1.54, 1.807) is 0 Å². The predicted molar refractivity (Wildman–Crippen MR) is 181 cm³/mol. The van der Waals surface area contributed by atoms with E-state index >= 15 is 0 Å². The van der Waals surface area contributed by atoms with Gasteiger partial charge in [-0.3, -0.25) is 0 Å². The first kappa shape index (κ1) is 9.02. The molecule has 0 unspecified atom stereocenters. The molecule has 8 aromatic rings. The van der Waals surface area contributed by atoms with E-state index in [2.05, 4.69) is 0 Å². The van der Waals surface area contributed by atoms with E-state index < -0.39 is 246 Å². The average Bonchev–Trinajstić information content (AvgIpc) is 3.33. The molecule has 8 rings (SSSR count). The SMILES string of the molecule is [2H]c1c([2H])c([2H])c(-c2c([2H])c([2H])c([2H])c(-c3c4c([2H])c([2H])c([2H])c([2H])c4c(-c4c([2H])c([2H])c([2H])c5c([2H])c([2H])c([2H])c([2H])c45)c4c([2H])c([2H])c(-c5c([2H])c([2H])c([2H])c([2H])c5[2H])c([2H])c34)c2[2H])c([2H])c1[2H]. The Kier molecular flexibility index (Phi) is 2.19. The first-order valence-corrected chi connectivity index (χ1v) is 12.2. The molecule has 0 bridgehead atoms. The summed E-state index contributed by atoms with van der Waals surface area (Å²) in [5.74, 6) is 0. The zero-order valence-electron chi connectivity index (χ0n) is 49.0. The van der Waals surface area contributed by atoms with Crippen molar-refractivity contribution >= 4 is 32.3 Å². The molecule has 0 heteroatoms.